The number of aromatic nitrogens is 1. The smallest absolute Gasteiger partial charge is 0.214 e. The summed E-state index contributed by atoms with van der Waals surface area (Å²) >= 11 is 0. The van der Waals surface area contributed by atoms with E-state index in [1.54, 1.807) is 11.0 Å². The van der Waals surface area contributed by atoms with E-state index in [0.717, 1.165) is 29.9 Å². The zero-order valence-corrected chi connectivity index (χ0v) is 8.81. The molecule has 1 aliphatic heterocycles. The van der Waals surface area contributed by atoms with Gasteiger partial charge in [-0.15, -0.1) is 0 Å². The van der Waals surface area contributed by atoms with Crippen molar-refractivity contribution in [3.8, 4) is 0 Å². The lowest BCUT2D eigenvalue weighted by molar-refractivity contribution is -0.116. The number of fused-ring (bicyclic) bond motifs is 1. The Bertz CT molecular complexity index is 429. The highest BCUT2D eigenvalue weighted by atomic mass is 16.1. The second-order valence-electron chi connectivity index (χ2n) is 3.73. The highest BCUT2D eigenvalue weighted by molar-refractivity contribution is 5.54. The van der Waals surface area contributed by atoms with Gasteiger partial charge in [-0.3, -0.25) is 4.79 Å². The van der Waals surface area contributed by atoms with Crippen LogP contribution in [-0.2, 0) is 17.9 Å². The van der Waals surface area contributed by atoms with Crippen LogP contribution >= 0.6 is 0 Å². The lowest BCUT2D eigenvalue weighted by Gasteiger charge is -2.17. The molecule has 1 aromatic heterocycles. The summed E-state index contributed by atoms with van der Waals surface area (Å²) < 4.78 is 2.16. The van der Waals surface area contributed by atoms with Crippen LogP contribution in [0.5, 0.6) is 0 Å². The SMILES string of the molecule is C=CC1=C(C)Cn2cccc2CN1C=O. The number of hydrogen-bond donors (Lipinski definition) is 0. The van der Waals surface area contributed by atoms with E-state index in [-0.39, 0.29) is 0 Å². The summed E-state index contributed by atoms with van der Waals surface area (Å²) in [4.78, 5) is 12.7. The van der Waals surface area contributed by atoms with Gasteiger partial charge in [-0.1, -0.05) is 6.58 Å². The summed E-state index contributed by atoms with van der Waals surface area (Å²) in [6, 6.07) is 4.04. The van der Waals surface area contributed by atoms with E-state index < -0.39 is 0 Å². The van der Waals surface area contributed by atoms with Crippen LogP contribution in [0.1, 0.15) is 12.6 Å². The molecule has 2 heterocycles. The fourth-order valence-electron chi connectivity index (χ4n) is 1.97. The molecular formula is C12H14N2O. The summed E-state index contributed by atoms with van der Waals surface area (Å²) in [6.45, 7) is 7.23. The molecule has 0 saturated heterocycles. The van der Waals surface area contributed by atoms with Gasteiger partial charge in [0.25, 0.3) is 0 Å². The van der Waals surface area contributed by atoms with E-state index in [2.05, 4.69) is 11.1 Å². The fraction of sp³-hybridized carbons (Fsp3) is 0.250. The van der Waals surface area contributed by atoms with Crippen molar-refractivity contribution in [3.63, 3.8) is 0 Å². The van der Waals surface area contributed by atoms with Gasteiger partial charge in [0.05, 0.1) is 6.54 Å². The Balaban J connectivity index is 2.47. The van der Waals surface area contributed by atoms with Crippen LogP contribution in [0, 0.1) is 0 Å². The molecule has 0 radical (unpaired) electrons. The van der Waals surface area contributed by atoms with E-state index in [9.17, 15) is 4.79 Å². The second-order valence-corrected chi connectivity index (χ2v) is 3.73. The Morgan fingerprint density at radius 3 is 2.93 bits per heavy atom. The van der Waals surface area contributed by atoms with Crippen molar-refractivity contribution in [2.45, 2.75) is 20.0 Å². The highest BCUT2D eigenvalue weighted by Gasteiger charge is 2.16. The van der Waals surface area contributed by atoms with Crippen LogP contribution in [0.15, 0.2) is 42.3 Å². The molecule has 3 heteroatoms. The molecule has 0 N–H and O–H groups in total. The standard InChI is InChI=1S/C12H14N2O/c1-3-12-10(2)7-13-6-4-5-11(13)8-14(12)9-15/h3-6,9H,1,7-8H2,2H3. The Morgan fingerprint density at radius 1 is 1.47 bits per heavy atom. The summed E-state index contributed by atoms with van der Waals surface area (Å²) in [5.74, 6) is 0. The Hall–Kier alpha value is -1.77. The van der Waals surface area contributed by atoms with Gasteiger partial charge in [-0.2, -0.15) is 0 Å². The van der Waals surface area contributed by atoms with E-state index in [1.807, 2.05) is 25.3 Å². The number of amides is 1. The second kappa shape index (κ2) is 3.77. The van der Waals surface area contributed by atoms with Crippen molar-refractivity contribution in [3.05, 3.63) is 47.9 Å². The van der Waals surface area contributed by atoms with Gasteiger partial charge in [-0.05, 0) is 30.7 Å². The maximum Gasteiger partial charge on any atom is 0.214 e. The van der Waals surface area contributed by atoms with Gasteiger partial charge >= 0.3 is 0 Å². The van der Waals surface area contributed by atoms with Crippen molar-refractivity contribution >= 4 is 6.41 Å². The average Bonchev–Trinajstić information content (AvgIpc) is 2.60. The Morgan fingerprint density at radius 2 is 2.27 bits per heavy atom. The van der Waals surface area contributed by atoms with Gasteiger partial charge in [0.15, 0.2) is 0 Å². The molecule has 1 amide bonds. The largest absolute Gasteiger partial charge is 0.346 e. The van der Waals surface area contributed by atoms with Crippen molar-refractivity contribution in [2.75, 3.05) is 0 Å². The first kappa shape index (κ1) is 9.77. The van der Waals surface area contributed by atoms with E-state index in [0.29, 0.717) is 6.54 Å². The van der Waals surface area contributed by atoms with Gasteiger partial charge < -0.3 is 9.47 Å². The van der Waals surface area contributed by atoms with Crippen molar-refractivity contribution in [1.82, 2.24) is 9.47 Å². The molecular weight excluding hydrogens is 188 g/mol. The molecule has 0 aromatic carbocycles. The molecule has 15 heavy (non-hydrogen) atoms. The summed E-state index contributed by atoms with van der Waals surface area (Å²) in [5.41, 5.74) is 3.24. The molecule has 0 unspecified atom stereocenters. The normalized spacial score (nSPS) is 15.9. The molecule has 0 saturated carbocycles. The van der Waals surface area contributed by atoms with Crippen molar-refractivity contribution < 1.29 is 4.79 Å². The number of nitrogens with zero attached hydrogens (tertiary/aromatic N) is 2. The molecule has 78 valence electrons. The van der Waals surface area contributed by atoms with Gasteiger partial charge in [0.1, 0.15) is 0 Å². The monoisotopic (exact) mass is 202 g/mol. The Labute approximate surface area is 89.3 Å². The predicted molar refractivity (Wildman–Crippen MR) is 58.9 cm³/mol. The van der Waals surface area contributed by atoms with Crippen LogP contribution in [0.4, 0.5) is 0 Å². The maximum absolute atomic E-state index is 11.0. The quantitative estimate of drug-likeness (QED) is 0.673. The van der Waals surface area contributed by atoms with Gasteiger partial charge in [-0.25, -0.2) is 0 Å². The Kier molecular flexibility index (Phi) is 2.46. The number of allylic oxidation sites excluding steroid dienone is 2. The molecule has 0 aliphatic carbocycles. The fourth-order valence-corrected chi connectivity index (χ4v) is 1.97. The van der Waals surface area contributed by atoms with Crippen LogP contribution in [0.2, 0.25) is 0 Å². The van der Waals surface area contributed by atoms with Crippen LogP contribution in [-0.4, -0.2) is 15.9 Å². The number of carbonyl (C=O) groups excluding carboxylic acids is 1. The minimum Gasteiger partial charge on any atom is -0.346 e. The molecule has 3 nitrogen and oxygen atoms in total. The highest BCUT2D eigenvalue weighted by Crippen LogP contribution is 2.20. The topological polar surface area (TPSA) is 25.2 Å². The first-order valence-electron chi connectivity index (χ1n) is 4.94. The third-order valence-electron chi connectivity index (χ3n) is 2.73. The lowest BCUT2D eigenvalue weighted by Crippen LogP contribution is -2.19. The molecule has 0 fully saturated rings. The average molecular weight is 202 g/mol. The maximum atomic E-state index is 11.0. The summed E-state index contributed by atoms with van der Waals surface area (Å²) in [7, 11) is 0. The lowest BCUT2D eigenvalue weighted by atomic mass is 10.2. The molecule has 1 aromatic rings. The van der Waals surface area contributed by atoms with E-state index >= 15 is 0 Å². The van der Waals surface area contributed by atoms with Crippen LogP contribution < -0.4 is 0 Å². The number of hydrogen-bond acceptors (Lipinski definition) is 1. The molecule has 0 atom stereocenters. The minimum absolute atomic E-state index is 0.620. The zero-order chi connectivity index (χ0) is 10.8. The summed E-state index contributed by atoms with van der Waals surface area (Å²) in [6.07, 6.45) is 4.65. The number of carbonyl (C=O) groups is 1. The molecule has 0 spiro atoms. The minimum atomic E-state index is 0.620. The third kappa shape index (κ3) is 1.61. The number of rotatable bonds is 2. The first-order chi connectivity index (χ1) is 7.26. The van der Waals surface area contributed by atoms with Crippen molar-refractivity contribution in [2.24, 2.45) is 0 Å². The first-order valence-corrected chi connectivity index (χ1v) is 4.94. The molecule has 1 aliphatic rings. The van der Waals surface area contributed by atoms with Crippen LogP contribution in [0.3, 0.4) is 0 Å². The van der Waals surface area contributed by atoms with Gasteiger partial charge in [0.2, 0.25) is 6.41 Å². The summed E-state index contributed by atoms with van der Waals surface area (Å²) in [5, 5.41) is 0. The van der Waals surface area contributed by atoms with E-state index in [1.165, 1.54) is 0 Å². The molecule has 0 bridgehead atoms. The van der Waals surface area contributed by atoms with E-state index in [4.69, 9.17) is 0 Å². The van der Waals surface area contributed by atoms with Crippen molar-refractivity contribution in [1.29, 1.82) is 0 Å². The third-order valence-corrected chi connectivity index (χ3v) is 2.73. The zero-order valence-electron chi connectivity index (χ0n) is 8.81. The van der Waals surface area contributed by atoms with Gasteiger partial charge in [0, 0.05) is 24.1 Å². The van der Waals surface area contributed by atoms with Crippen LogP contribution in [0.25, 0.3) is 0 Å². The molecule has 2 rings (SSSR count). The predicted octanol–water partition coefficient (Wildman–Crippen LogP) is 1.92.